The minimum absolute atomic E-state index is 0.0415. The van der Waals surface area contributed by atoms with Crippen LogP contribution in [0.25, 0.3) is 0 Å². The molecule has 1 heterocycles. The maximum absolute atomic E-state index is 12.6. The van der Waals surface area contributed by atoms with Crippen molar-refractivity contribution in [3.8, 4) is 0 Å². The number of piperidine rings is 1. The first kappa shape index (κ1) is 17.3. The molecule has 4 rings (SSSR count). The number of likely N-dealkylation sites (tertiary alicyclic amines) is 1. The van der Waals surface area contributed by atoms with E-state index in [4.69, 9.17) is 0 Å². The van der Waals surface area contributed by atoms with Gasteiger partial charge in [0, 0.05) is 17.7 Å². The van der Waals surface area contributed by atoms with Gasteiger partial charge >= 0.3 is 0 Å². The molecule has 26 heavy (non-hydrogen) atoms. The van der Waals surface area contributed by atoms with Crippen LogP contribution in [0.15, 0.2) is 42.5 Å². The number of rotatable bonds is 5. The average molecular weight is 349 g/mol. The first-order valence-electron chi connectivity index (χ1n) is 10.1. The normalized spacial score (nSPS) is 17.1. The first-order chi connectivity index (χ1) is 12.8. The number of carbonyl (C=O) groups excluding carboxylic acids is 1. The fraction of sp³-hybridized carbons (Fsp3) is 0.435. The molecule has 2 N–H and O–H groups in total. The van der Waals surface area contributed by atoms with Crippen molar-refractivity contribution in [2.45, 2.75) is 51.6 Å². The SMILES string of the molecule is O=C(NCc1ccccc1C[NH+]1CCCCC1)c1ccc2c(c1)CCC2. The highest BCUT2D eigenvalue weighted by molar-refractivity contribution is 5.94. The summed E-state index contributed by atoms with van der Waals surface area (Å²) in [5, 5.41) is 3.14. The molecular formula is C23H29N2O+. The van der Waals surface area contributed by atoms with Crippen LogP contribution in [0.3, 0.4) is 0 Å². The zero-order chi connectivity index (χ0) is 17.8. The summed E-state index contributed by atoms with van der Waals surface area (Å²) in [6, 6.07) is 14.8. The van der Waals surface area contributed by atoms with Gasteiger partial charge in [0.1, 0.15) is 6.54 Å². The van der Waals surface area contributed by atoms with Gasteiger partial charge in [-0.15, -0.1) is 0 Å². The Bertz CT molecular complexity index is 778. The van der Waals surface area contributed by atoms with Crippen LogP contribution in [0.4, 0.5) is 0 Å². The van der Waals surface area contributed by atoms with E-state index in [9.17, 15) is 4.79 Å². The van der Waals surface area contributed by atoms with Crippen molar-refractivity contribution in [1.29, 1.82) is 0 Å². The third kappa shape index (κ3) is 3.99. The topological polar surface area (TPSA) is 33.5 Å². The number of amides is 1. The van der Waals surface area contributed by atoms with E-state index in [1.165, 1.54) is 61.0 Å². The smallest absolute Gasteiger partial charge is 0.251 e. The van der Waals surface area contributed by atoms with Gasteiger partial charge in [-0.25, -0.2) is 0 Å². The highest BCUT2D eigenvalue weighted by Gasteiger charge is 2.17. The van der Waals surface area contributed by atoms with Crippen molar-refractivity contribution in [3.63, 3.8) is 0 Å². The molecule has 3 nitrogen and oxygen atoms in total. The Labute approximate surface area is 156 Å². The molecule has 1 amide bonds. The fourth-order valence-electron chi connectivity index (χ4n) is 4.39. The van der Waals surface area contributed by atoms with Gasteiger partial charge in [0.15, 0.2) is 0 Å². The van der Waals surface area contributed by atoms with Gasteiger partial charge in [-0.3, -0.25) is 4.79 Å². The number of hydrogen-bond acceptors (Lipinski definition) is 1. The number of hydrogen-bond donors (Lipinski definition) is 2. The van der Waals surface area contributed by atoms with E-state index in [1.807, 2.05) is 6.07 Å². The number of fused-ring (bicyclic) bond motifs is 1. The van der Waals surface area contributed by atoms with Crippen molar-refractivity contribution in [2.75, 3.05) is 13.1 Å². The Hall–Kier alpha value is -2.13. The first-order valence-corrected chi connectivity index (χ1v) is 10.1. The molecule has 0 atom stereocenters. The fourth-order valence-corrected chi connectivity index (χ4v) is 4.39. The molecule has 2 aliphatic rings. The van der Waals surface area contributed by atoms with E-state index >= 15 is 0 Å². The Balaban J connectivity index is 1.40. The van der Waals surface area contributed by atoms with Crippen molar-refractivity contribution in [1.82, 2.24) is 5.32 Å². The van der Waals surface area contributed by atoms with Gasteiger partial charge in [0.05, 0.1) is 13.1 Å². The molecule has 3 heteroatoms. The van der Waals surface area contributed by atoms with Gasteiger partial charge in [-0.1, -0.05) is 30.3 Å². The molecule has 1 aliphatic carbocycles. The summed E-state index contributed by atoms with van der Waals surface area (Å²) in [6.45, 7) is 4.23. The van der Waals surface area contributed by atoms with Gasteiger partial charge in [-0.2, -0.15) is 0 Å². The predicted octanol–water partition coefficient (Wildman–Crippen LogP) is 2.67. The lowest BCUT2D eigenvalue weighted by molar-refractivity contribution is -0.918. The summed E-state index contributed by atoms with van der Waals surface area (Å²) in [5.74, 6) is 0.0415. The van der Waals surface area contributed by atoms with Crippen LogP contribution in [-0.2, 0) is 25.9 Å². The Kier molecular flexibility index (Phi) is 5.35. The summed E-state index contributed by atoms with van der Waals surface area (Å²) in [7, 11) is 0. The predicted molar refractivity (Wildman–Crippen MR) is 104 cm³/mol. The third-order valence-electron chi connectivity index (χ3n) is 5.92. The maximum atomic E-state index is 12.6. The van der Waals surface area contributed by atoms with E-state index in [0.717, 1.165) is 24.9 Å². The largest absolute Gasteiger partial charge is 0.348 e. The summed E-state index contributed by atoms with van der Waals surface area (Å²) in [6.07, 6.45) is 7.54. The molecular weight excluding hydrogens is 320 g/mol. The highest BCUT2D eigenvalue weighted by atomic mass is 16.1. The second-order valence-corrected chi connectivity index (χ2v) is 7.78. The number of nitrogens with one attached hydrogen (secondary N) is 2. The molecule has 0 bridgehead atoms. The van der Waals surface area contributed by atoms with Crippen LogP contribution in [0.5, 0.6) is 0 Å². The lowest BCUT2D eigenvalue weighted by Gasteiger charge is -2.24. The molecule has 0 unspecified atom stereocenters. The van der Waals surface area contributed by atoms with Crippen molar-refractivity contribution in [3.05, 3.63) is 70.3 Å². The quantitative estimate of drug-likeness (QED) is 0.855. The van der Waals surface area contributed by atoms with Crippen LogP contribution in [0, 0.1) is 0 Å². The molecule has 0 saturated carbocycles. The summed E-state index contributed by atoms with van der Waals surface area (Å²) in [4.78, 5) is 14.3. The monoisotopic (exact) mass is 349 g/mol. The van der Waals surface area contributed by atoms with Gasteiger partial charge in [0.25, 0.3) is 5.91 Å². The van der Waals surface area contributed by atoms with Gasteiger partial charge in [0.2, 0.25) is 0 Å². The molecule has 0 aromatic heterocycles. The third-order valence-corrected chi connectivity index (χ3v) is 5.92. The lowest BCUT2D eigenvalue weighted by atomic mass is 10.0. The Morgan fingerprint density at radius 3 is 2.50 bits per heavy atom. The van der Waals surface area contributed by atoms with Crippen LogP contribution in [0.1, 0.15) is 58.3 Å². The molecule has 0 radical (unpaired) electrons. The Morgan fingerprint density at radius 2 is 1.65 bits per heavy atom. The lowest BCUT2D eigenvalue weighted by Crippen LogP contribution is -3.11. The van der Waals surface area contributed by atoms with Crippen LogP contribution in [0.2, 0.25) is 0 Å². The molecule has 136 valence electrons. The number of quaternary nitrogens is 1. The molecule has 2 aromatic rings. The minimum Gasteiger partial charge on any atom is -0.348 e. The molecule has 1 fully saturated rings. The second kappa shape index (κ2) is 8.05. The molecule has 1 saturated heterocycles. The zero-order valence-corrected chi connectivity index (χ0v) is 15.5. The van der Waals surface area contributed by atoms with E-state index in [1.54, 1.807) is 4.90 Å². The standard InChI is InChI=1S/C23H28N2O/c26-23(20-12-11-18-9-6-10-19(18)15-20)24-16-21-7-2-3-8-22(21)17-25-13-4-1-5-14-25/h2-3,7-8,11-12,15H,1,4-6,9-10,13-14,16-17H2,(H,24,26)/p+1. The Morgan fingerprint density at radius 1 is 0.885 bits per heavy atom. The number of benzene rings is 2. The van der Waals surface area contributed by atoms with Crippen LogP contribution in [-0.4, -0.2) is 19.0 Å². The maximum Gasteiger partial charge on any atom is 0.251 e. The zero-order valence-electron chi connectivity index (χ0n) is 15.5. The van der Waals surface area contributed by atoms with E-state index in [-0.39, 0.29) is 5.91 Å². The number of aryl methyl sites for hydroxylation is 2. The van der Waals surface area contributed by atoms with Gasteiger partial charge in [-0.05, 0) is 67.3 Å². The van der Waals surface area contributed by atoms with E-state index < -0.39 is 0 Å². The molecule has 2 aromatic carbocycles. The molecule has 1 aliphatic heterocycles. The molecule has 0 spiro atoms. The van der Waals surface area contributed by atoms with Crippen LogP contribution < -0.4 is 10.2 Å². The van der Waals surface area contributed by atoms with Gasteiger partial charge < -0.3 is 10.2 Å². The average Bonchev–Trinajstić information content (AvgIpc) is 3.16. The van der Waals surface area contributed by atoms with E-state index in [2.05, 4.69) is 41.7 Å². The summed E-state index contributed by atoms with van der Waals surface area (Å²) >= 11 is 0. The second-order valence-electron chi connectivity index (χ2n) is 7.78. The van der Waals surface area contributed by atoms with Crippen LogP contribution >= 0.6 is 0 Å². The van der Waals surface area contributed by atoms with Crippen molar-refractivity contribution < 1.29 is 9.69 Å². The van der Waals surface area contributed by atoms with E-state index in [0.29, 0.717) is 6.54 Å². The highest BCUT2D eigenvalue weighted by Crippen LogP contribution is 2.22. The summed E-state index contributed by atoms with van der Waals surface area (Å²) < 4.78 is 0. The minimum atomic E-state index is 0.0415. The summed E-state index contributed by atoms with van der Waals surface area (Å²) in [5.41, 5.74) is 6.19. The van der Waals surface area contributed by atoms with Crippen molar-refractivity contribution >= 4 is 5.91 Å². The number of carbonyl (C=O) groups is 1. The van der Waals surface area contributed by atoms with Crippen molar-refractivity contribution in [2.24, 2.45) is 0 Å².